The van der Waals surface area contributed by atoms with E-state index in [1.807, 2.05) is 42.2 Å². The average molecular weight is 364 g/mol. The zero-order chi connectivity index (χ0) is 17.1. The average Bonchev–Trinajstić information content (AvgIpc) is 3.39. The number of benzene rings is 2. The van der Waals surface area contributed by atoms with Crippen molar-refractivity contribution in [2.45, 2.75) is 42.5 Å². The van der Waals surface area contributed by atoms with Crippen LogP contribution < -0.4 is 0 Å². The van der Waals surface area contributed by atoms with Gasteiger partial charge in [0.1, 0.15) is 5.82 Å². The molecule has 1 aliphatic rings. The monoisotopic (exact) mass is 363 g/mol. The molecule has 0 saturated heterocycles. The Morgan fingerprint density at radius 3 is 2.62 bits per heavy atom. The van der Waals surface area contributed by atoms with Gasteiger partial charge in [0.05, 0.1) is 5.25 Å². The summed E-state index contributed by atoms with van der Waals surface area (Å²) in [5, 5.41) is 0.490. The van der Waals surface area contributed by atoms with E-state index in [-0.39, 0.29) is 23.0 Å². The van der Waals surface area contributed by atoms with Gasteiger partial charge < -0.3 is 4.90 Å². The van der Waals surface area contributed by atoms with Crippen molar-refractivity contribution in [3.63, 3.8) is 0 Å². The third-order valence-corrected chi connectivity index (χ3v) is 5.34. The highest BCUT2D eigenvalue weighted by Gasteiger charge is 2.34. The quantitative estimate of drug-likeness (QED) is 0.661. The van der Waals surface area contributed by atoms with Gasteiger partial charge in [-0.1, -0.05) is 23.7 Å². The molecule has 1 aliphatic carbocycles. The molecule has 24 heavy (non-hydrogen) atoms. The summed E-state index contributed by atoms with van der Waals surface area (Å²) in [7, 11) is 0. The van der Waals surface area contributed by atoms with Gasteiger partial charge in [-0.3, -0.25) is 4.79 Å². The van der Waals surface area contributed by atoms with Crippen molar-refractivity contribution in [1.29, 1.82) is 0 Å². The summed E-state index contributed by atoms with van der Waals surface area (Å²) in [6.45, 7) is 2.38. The number of rotatable bonds is 6. The minimum absolute atomic E-state index is 0.0988. The van der Waals surface area contributed by atoms with E-state index in [1.165, 1.54) is 23.9 Å². The number of nitrogens with zero attached hydrogens (tertiary/aromatic N) is 1. The summed E-state index contributed by atoms with van der Waals surface area (Å²) < 4.78 is 13.4. The lowest BCUT2D eigenvalue weighted by molar-refractivity contribution is -0.131. The maximum atomic E-state index is 13.4. The summed E-state index contributed by atoms with van der Waals surface area (Å²) in [6, 6.07) is 14.3. The van der Waals surface area contributed by atoms with E-state index in [0.717, 1.165) is 23.3 Å². The smallest absolute Gasteiger partial charge is 0.236 e. The third kappa shape index (κ3) is 4.52. The van der Waals surface area contributed by atoms with Crippen LogP contribution >= 0.6 is 23.4 Å². The largest absolute Gasteiger partial charge is 0.334 e. The molecule has 2 aromatic rings. The fraction of sp³-hybridized carbons (Fsp3) is 0.316. The number of amides is 1. The van der Waals surface area contributed by atoms with Crippen LogP contribution in [0.2, 0.25) is 5.02 Å². The van der Waals surface area contributed by atoms with E-state index in [2.05, 4.69) is 0 Å². The van der Waals surface area contributed by atoms with Crippen LogP contribution in [0.5, 0.6) is 0 Å². The van der Waals surface area contributed by atoms with E-state index in [4.69, 9.17) is 11.6 Å². The molecule has 0 bridgehead atoms. The Morgan fingerprint density at radius 2 is 2.00 bits per heavy atom. The van der Waals surface area contributed by atoms with E-state index < -0.39 is 0 Å². The minimum atomic E-state index is -0.265. The number of thioether (sulfide) groups is 1. The normalized spacial score (nSPS) is 15.1. The molecule has 2 aromatic carbocycles. The molecule has 1 saturated carbocycles. The Kier molecular flexibility index (Phi) is 5.47. The molecule has 0 radical (unpaired) electrons. The highest BCUT2D eigenvalue weighted by Crippen LogP contribution is 2.32. The van der Waals surface area contributed by atoms with Crippen LogP contribution in [-0.2, 0) is 11.3 Å². The van der Waals surface area contributed by atoms with Gasteiger partial charge in [-0.15, -0.1) is 11.8 Å². The van der Waals surface area contributed by atoms with E-state index in [1.54, 1.807) is 6.07 Å². The molecule has 0 N–H and O–H groups in total. The Hall–Kier alpha value is -1.52. The van der Waals surface area contributed by atoms with Crippen molar-refractivity contribution in [2.24, 2.45) is 0 Å². The molecule has 126 valence electrons. The molecule has 5 heteroatoms. The lowest BCUT2D eigenvalue weighted by atomic mass is 10.2. The lowest BCUT2D eigenvalue weighted by Crippen LogP contribution is -2.37. The molecule has 1 fully saturated rings. The first kappa shape index (κ1) is 17.3. The highest BCUT2D eigenvalue weighted by atomic mass is 35.5. The second-order valence-electron chi connectivity index (χ2n) is 6.04. The predicted octanol–water partition coefficient (Wildman–Crippen LogP) is 5.15. The highest BCUT2D eigenvalue weighted by molar-refractivity contribution is 8.00. The Bertz CT molecular complexity index is 718. The molecule has 1 amide bonds. The third-order valence-electron chi connectivity index (χ3n) is 3.99. The molecule has 1 atom stereocenters. The first-order valence-corrected chi connectivity index (χ1v) is 9.26. The van der Waals surface area contributed by atoms with Crippen LogP contribution in [0.1, 0.15) is 25.3 Å². The lowest BCUT2D eigenvalue weighted by Gasteiger charge is -2.26. The van der Waals surface area contributed by atoms with E-state index in [0.29, 0.717) is 11.6 Å². The van der Waals surface area contributed by atoms with Crippen molar-refractivity contribution in [3.8, 4) is 0 Å². The van der Waals surface area contributed by atoms with Crippen molar-refractivity contribution in [2.75, 3.05) is 0 Å². The van der Waals surface area contributed by atoms with Gasteiger partial charge in [0.25, 0.3) is 0 Å². The van der Waals surface area contributed by atoms with Crippen molar-refractivity contribution >= 4 is 29.3 Å². The van der Waals surface area contributed by atoms with Crippen LogP contribution in [0.15, 0.2) is 53.4 Å². The summed E-state index contributed by atoms with van der Waals surface area (Å²) in [5.41, 5.74) is 0.832. The van der Waals surface area contributed by atoms with Gasteiger partial charge in [0.2, 0.25) is 5.91 Å². The first-order valence-electron chi connectivity index (χ1n) is 8.00. The molecule has 2 nitrogen and oxygen atoms in total. The molecule has 1 unspecified atom stereocenters. The van der Waals surface area contributed by atoms with Crippen molar-refractivity contribution < 1.29 is 9.18 Å². The van der Waals surface area contributed by atoms with E-state index in [9.17, 15) is 9.18 Å². The molecular formula is C19H19ClFNOS. The van der Waals surface area contributed by atoms with Crippen LogP contribution in [-0.4, -0.2) is 22.1 Å². The van der Waals surface area contributed by atoms with Crippen LogP contribution in [0.25, 0.3) is 0 Å². The summed E-state index contributed by atoms with van der Waals surface area (Å²) in [6.07, 6.45) is 2.05. The first-order chi connectivity index (χ1) is 11.5. The van der Waals surface area contributed by atoms with Gasteiger partial charge in [-0.2, -0.15) is 0 Å². The summed E-state index contributed by atoms with van der Waals surface area (Å²) >= 11 is 7.42. The van der Waals surface area contributed by atoms with Crippen molar-refractivity contribution in [1.82, 2.24) is 4.90 Å². The number of hydrogen-bond donors (Lipinski definition) is 0. The minimum Gasteiger partial charge on any atom is -0.334 e. The van der Waals surface area contributed by atoms with Crippen molar-refractivity contribution in [3.05, 3.63) is 64.9 Å². The van der Waals surface area contributed by atoms with Gasteiger partial charge in [-0.25, -0.2) is 4.39 Å². The van der Waals surface area contributed by atoms with Gasteiger partial charge in [0.15, 0.2) is 0 Å². The van der Waals surface area contributed by atoms with Crippen LogP contribution in [0.3, 0.4) is 0 Å². The maximum Gasteiger partial charge on any atom is 0.236 e. The topological polar surface area (TPSA) is 20.3 Å². The molecule has 0 aliphatic heterocycles. The van der Waals surface area contributed by atoms with Gasteiger partial charge >= 0.3 is 0 Å². The summed E-state index contributed by atoms with van der Waals surface area (Å²) in [4.78, 5) is 15.8. The SMILES string of the molecule is CC(Sc1ccc(Cl)cc1)C(=O)N(Cc1cccc(F)c1)C1CC1. The number of halogens is 2. The summed E-state index contributed by atoms with van der Waals surface area (Å²) in [5.74, 6) is -0.166. The van der Waals surface area contributed by atoms with Crippen LogP contribution in [0, 0.1) is 5.82 Å². The maximum absolute atomic E-state index is 13.4. The Balaban J connectivity index is 1.68. The standard InChI is InChI=1S/C19H19ClFNOS/c1-13(24-18-9-5-15(20)6-10-18)19(23)22(17-7-8-17)12-14-3-2-4-16(21)11-14/h2-6,9-11,13,17H,7-8,12H2,1H3. The zero-order valence-corrected chi connectivity index (χ0v) is 15.0. The Labute approximate surface area is 151 Å². The zero-order valence-electron chi connectivity index (χ0n) is 13.4. The Morgan fingerprint density at radius 1 is 1.29 bits per heavy atom. The number of hydrogen-bond acceptors (Lipinski definition) is 2. The molecule has 3 rings (SSSR count). The second-order valence-corrected chi connectivity index (χ2v) is 7.89. The molecule has 0 spiro atoms. The fourth-order valence-corrected chi connectivity index (χ4v) is 3.67. The molecular weight excluding hydrogens is 345 g/mol. The predicted molar refractivity (Wildman–Crippen MR) is 96.7 cm³/mol. The fourth-order valence-electron chi connectivity index (χ4n) is 2.61. The van der Waals surface area contributed by atoms with E-state index >= 15 is 0 Å². The second kappa shape index (κ2) is 7.58. The van der Waals surface area contributed by atoms with Crippen LogP contribution in [0.4, 0.5) is 4.39 Å². The van der Waals surface area contributed by atoms with Gasteiger partial charge in [0, 0.05) is 22.5 Å². The number of carbonyl (C=O) groups excluding carboxylic acids is 1. The number of carbonyl (C=O) groups is 1. The molecule has 0 heterocycles. The van der Waals surface area contributed by atoms with Gasteiger partial charge in [-0.05, 0) is 61.7 Å². The molecule has 0 aromatic heterocycles.